The van der Waals surface area contributed by atoms with Crippen LogP contribution in [0.4, 0.5) is 0 Å². The van der Waals surface area contributed by atoms with Crippen LogP contribution >= 0.6 is 0 Å². The van der Waals surface area contributed by atoms with Gasteiger partial charge in [-0.3, -0.25) is 0 Å². The van der Waals surface area contributed by atoms with Crippen molar-refractivity contribution in [1.82, 2.24) is 4.90 Å². The number of para-hydroxylation sites is 1. The molecule has 1 aliphatic heterocycles. The summed E-state index contributed by atoms with van der Waals surface area (Å²) in [6, 6.07) is 6.45. The Balaban J connectivity index is 1.70. The highest BCUT2D eigenvalue weighted by atomic mass is 16.5. The lowest BCUT2D eigenvalue weighted by molar-refractivity contribution is 0.134. The minimum absolute atomic E-state index is 0.0214. The van der Waals surface area contributed by atoms with Crippen molar-refractivity contribution in [3.8, 4) is 17.6 Å². The molecule has 0 amide bonds. The van der Waals surface area contributed by atoms with Gasteiger partial charge in [-0.05, 0) is 58.3 Å². The van der Waals surface area contributed by atoms with Gasteiger partial charge >= 0.3 is 0 Å². The van der Waals surface area contributed by atoms with E-state index in [4.69, 9.17) is 4.74 Å². The molecule has 3 rings (SSSR count). The molecule has 1 saturated carbocycles. The summed E-state index contributed by atoms with van der Waals surface area (Å²) in [7, 11) is 4.22. The first-order valence-corrected chi connectivity index (χ1v) is 11.3. The van der Waals surface area contributed by atoms with Crippen molar-refractivity contribution in [3.63, 3.8) is 0 Å². The molecule has 164 valence electrons. The maximum absolute atomic E-state index is 10.7. The summed E-state index contributed by atoms with van der Waals surface area (Å²) in [5, 5.41) is 21.1. The summed E-state index contributed by atoms with van der Waals surface area (Å²) in [4.78, 5) is 2.22. The van der Waals surface area contributed by atoms with Crippen molar-refractivity contribution in [3.05, 3.63) is 41.5 Å². The van der Waals surface area contributed by atoms with Gasteiger partial charge in [-0.1, -0.05) is 37.3 Å². The molecule has 1 aromatic carbocycles. The third-order valence-electron chi connectivity index (χ3n) is 6.50. The Morgan fingerprint density at radius 3 is 2.83 bits per heavy atom. The molecule has 0 spiro atoms. The second kappa shape index (κ2) is 10.5. The molecule has 4 nitrogen and oxygen atoms in total. The van der Waals surface area contributed by atoms with Crippen molar-refractivity contribution in [1.29, 1.82) is 0 Å². The zero-order chi connectivity index (χ0) is 21.7. The molecular formula is C26H37NO3. The van der Waals surface area contributed by atoms with Gasteiger partial charge in [0, 0.05) is 30.2 Å². The van der Waals surface area contributed by atoms with Gasteiger partial charge in [-0.2, -0.15) is 0 Å². The molecule has 2 N–H and O–H groups in total. The van der Waals surface area contributed by atoms with Gasteiger partial charge in [0.05, 0.1) is 12.2 Å². The molecule has 0 bridgehead atoms. The van der Waals surface area contributed by atoms with Crippen LogP contribution in [0.25, 0.3) is 0 Å². The topological polar surface area (TPSA) is 52.9 Å². The zero-order valence-electron chi connectivity index (χ0n) is 18.8. The van der Waals surface area contributed by atoms with E-state index in [-0.39, 0.29) is 23.9 Å². The van der Waals surface area contributed by atoms with Crippen LogP contribution in [0.5, 0.6) is 5.75 Å². The number of fused-ring (bicyclic) bond motifs is 3. The Hall–Kier alpha value is -1.80. The SMILES string of the molecule is CC#CCC(C)[C@H](O)/C=C/[C@@H]1[C@H]2c3cccc(CCCCN(C)C)c3O[C@H]2C[C@H]1O. The van der Waals surface area contributed by atoms with E-state index in [9.17, 15) is 10.2 Å². The Bertz CT molecular complexity index is 791. The lowest BCUT2D eigenvalue weighted by Gasteiger charge is -2.19. The first-order chi connectivity index (χ1) is 14.4. The fourth-order valence-electron chi connectivity index (χ4n) is 4.72. The standard InChI is InChI=1S/C26H37NO3/c1-5-6-10-18(2)22(28)15-14-20-23(29)17-24-25(20)21-13-9-12-19(26(21)30-24)11-7-8-16-27(3)4/h9,12-15,18,20,22-25,28-29H,7-8,10-11,16-17H2,1-4H3/b15-14+/t18?,20-,22+,23+,24-,25-/m0/s1. The van der Waals surface area contributed by atoms with Crippen LogP contribution in [0.3, 0.4) is 0 Å². The molecule has 1 aromatic rings. The molecule has 1 heterocycles. The quantitative estimate of drug-likeness (QED) is 0.369. The largest absolute Gasteiger partial charge is 0.489 e. The monoisotopic (exact) mass is 411 g/mol. The van der Waals surface area contributed by atoms with Gasteiger partial charge in [-0.15, -0.1) is 11.8 Å². The molecule has 0 aromatic heterocycles. The number of benzene rings is 1. The predicted molar refractivity (Wildman–Crippen MR) is 122 cm³/mol. The van der Waals surface area contributed by atoms with Gasteiger partial charge in [0.25, 0.3) is 0 Å². The van der Waals surface area contributed by atoms with E-state index in [0.29, 0.717) is 12.8 Å². The fourth-order valence-corrected chi connectivity index (χ4v) is 4.72. The van der Waals surface area contributed by atoms with Gasteiger partial charge in [0.2, 0.25) is 0 Å². The van der Waals surface area contributed by atoms with Crippen LogP contribution in [-0.4, -0.2) is 54.1 Å². The number of ether oxygens (including phenoxy) is 1. The Morgan fingerprint density at radius 2 is 2.10 bits per heavy atom. The van der Waals surface area contributed by atoms with E-state index in [0.717, 1.165) is 25.1 Å². The molecule has 2 aliphatic rings. The third kappa shape index (κ3) is 5.27. The van der Waals surface area contributed by atoms with E-state index in [2.05, 4.69) is 49.0 Å². The minimum atomic E-state index is -0.554. The maximum Gasteiger partial charge on any atom is 0.126 e. The molecule has 4 heteroatoms. The van der Waals surface area contributed by atoms with Crippen molar-refractivity contribution >= 4 is 0 Å². The minimum Gasteiger partial charge on any atom is -0.489 e. The van der Waals surface area contributed by atoms with Crippen molar-refractivity contribution in [2.24, 2.45) is 11.8 Å². The lowest BCUT2D eigenvalue weighted by atomic mass is 9.86. The number of nitrogens with zero attached hydrogens (tertiary/aromatic N) is 1. The van der Waals surface area contributed by atoms with E-state index in [1.54, 1.807) is 0 Å². The first-order valence-electron chi connectivity index (χ1n) is 11.3. The van der Waals surface area contributed by atoms with Crippen LogP contribution in [0.15, 0.2) is 30.4 Å². The number of hydrogen-bond donors (Lipinski definition) is 2. The Labute approximate surface area is 181 Å². The van der Waals surface area contributed by atoms with Gasteiger partial charge in [-0.25, -0.2) is 0 Å². The summed E-state index contributed by atoms with van der Waals surface area (Å²) in [6.45, 7) is 4.92. The number of rotatable bonds is 9. The number of aliphatic hydroxyl groups excluding tert-OH is 2. The highest BCUT2D eigenvalue weighted by molar-refractivity contribution is 5.49. The molecule has 6 atom stereocenters. The molecular weight excluding hydrogens is 374 g/mol. The predicted octanol–water partition coefficient (Wildman–Crippen LogP) is 3.76. The first kappa shape index (κ1) is 22.9. The average Bonchev–Trinajstić information content (AvgIpc) is 3.22. The van der Waals surface area contributed by atoms with E-state index in [1.165, 1.54) is 17.5 Å². The van der Waals surface area contributed by atoms with Crippen LogP contribution in [0.1, 0.15) is 56.6 Å². The maximum atomic E-state index is 10.7. The van der Waals surface area contributed by atoms with Crippen molar-refractivity contribution in [2.75, 3.05) is 20.6 Å². The number of hydrogen-bond acceptors (Lipinski definition) is 4. The van der Waals surface area contributed by atoms with Gasteiger partial charge in [0.1, 0.15) is 11.9 Å². The smallest absolute Gasteiger partial charge is 0.126 e. The number of unbranched alkanes of at least 4 members (excludes halogenated alkanes) is 1. The molecule has 0 radical (unpaired) electrons. The van der Waals surface area contributed by atoms with Crippen LogP contribution < -0.4 is 4.74 Å². The fraction of sp³-hybridized carbons (Fsp3) is 0.615. The molecule has 1 aliphatic carbocycles. The molecule has 1 fully saturated rings. The number of aryl methyl sites for hydroxylation is 1. The zero-order valence-corrected chi connectivity index (χ0v) is 18.8. The summed E-state index contributed by atoms with van der Waals surface area (Å²) in [6.07, 6.45) is 7.54. The second-order valence-electron chi connectivity index (χ2n) is 9.14. The molecule has 30 heavy (non-hydrogen) atoms. The molecule has 1 unspecified atom stereocenters. The Morgan fingerprint density at radius 1 is 1.30 bits per heavy atom. The third-order valence-corrected chi connectivity index (χ3v) is 6.50. The summed E-state index contributed by atoms with van der Waals surface area (Å²) in [5.41, 5.74) is 2.50. The summed E-state index contributed by atoms with van der Waals surface area (Å²) in [5.74, 6) is 7.16. The van der Waals surface area contributed by atoms with Crippen LogP contribution in [0, 0.1) is 23.7 Å². The normalized spacial score (nSPS) is 26.8. The highest BCUT2D eigenvalue weighted by Gasteiger charge is 2.48. The average molecular weight is 412 g/mol. The summed E-state index contributed by atoms with van der Waals surface area (Å²) >= 11 is 0. The number of aliphatic hydroxyl groups is 2. The highest BCUT2D eigenvalue weighted by Crippen LogP contribution is 2.52. The van der Waals surface area contributed by atoms with Crippen molar-refractivity contribution in [2.45, 2.75) is 70.2 Å². The molecule has 0 saturated heterocycles. The Kier molecular flexibility index (Phi) is 7.99. The van der Waals surface area contributed by atoms with Gasteiger partial charge in [0.15, 0.2) is 0 Å². The van der Waals surface area contributed by atoms with E-state index < -0.39 is 12.2 Å². The second-order valence-corrected chi connectivity index (χ2v) is 9.14. The van der Waals surface area contributed by atoms with E-state index in [1.807, 2.05) is 26.0 Å². The van der Waals surface area contributed by atoms with Crippen LogP contribution in [0.2, 0.25) is 0 Å². The van der Waals surface area contributed by atoms with Crippen molar-refractivity contribution < 1.29 is 14.9 Å². The lowest BCUT2D eigenvalue weighted by Crippen LogP contribution is -2.19. The van der Waals surface area contributed by atoms with Gasteiger partial charge < -0.3 is 19.8 Å². The van der Waals surface area contributed by atoms with E-state index >= 15 is 0 Å². The summed E-state index contributed by atoms with van der Waals surface area (Å²) < 4.78 is 6.36. The van der Waals surface area contributed by atoms with Crippen LogP contribution in [-0.2, 0) is 6.42 Å².